The number of halogens is 2. The highest BCUT2D eigenvalue weighted by Gasteiger charge is 2.26. The highest BCUT2D eigenvalue weighted by molar-refractivity contribution is 5.09. The van der Waals surface area contributed by atoms with Crippen LogP contribution in [-0.2, 0) is 11.3 Å². The van der Waals surface area contributed by atoms with E-state index in [1.54, 1.807) is 12.3 Å². The Morgan fingerprint density at radius 1 is 1.50 bits per heavy atom. The fraction of sp³-hybridized carbons (Fsp3) is 0.556. The third-order valence-corrected chi connectivity index (χ3v) is 2.03. The minimum atomic E-state index is -2.74. The Balaban J connectivity index is 1.99. The summed E-state index contributed by atoms with van der Waals surface area (Å²) in [5.41, 5.74) is 0.516. The maximum absolute atomic E-state index is 11.7. The quantitative estimate of drug-likeness (QED) is 0.746. The minimum absolute atomic E-state index is 0.153. The fourth-order valence-electron chi connectivity index (χ4n) is 1.18. The number of hydrogen-bond acceptors (Lipinski definition) is 3. The molecule has 2 rings (SSSR count). The molecule has 5 heteroatoms. The van der Waals surface area contributed by atoms with Gasteiger partial charge in [-0.2, -0.15) is 8.78 Å². The maximum Gasteiger partial charge on any atom is 0.345 e. The average Bonchev–Trinajstić information content (AvgIpc) is 2.98. The van der Waals surface area contributed by atoms with E-state index in [2.05, 4.69) is 14.7 Å². The molecule has 0 aliphatic heterocycles. The zero-order valence-corrected chi connectivity index (χ0v) is 7.49. The second-order valence-corrected chi connectivity index (χ2v) is 3.25. The molecule has 0 spiro atoms. The standard InChI is InChI=1S/C9H10F2N2O/c10-9(11)14-5-7-3-4-12-8(13-7)6-1-2-6/h3-4,6,9H,1-2,5H2. The maximum atomic E-state index is 11.7. The summed E-state index contributed by atoms with van der Waals surface area (Å²) >= 11 is 0. The van der Waals surface area contributed by atoms with E-state index in [1.165, 1.54) is 0 Å². The van der Waals surface area contributed by atoms with E-state index >= 15 is 0 Å². The van der Waals surface area contributed by atoms with E-state index in [0.717, 1.165) is 18.7 Å². The number of nitrogens with zero attached hydrogens (tertiary/aromatic N) is 2. The van der Waals surface area contributed by atoms with E-state index in [-0.39, 0.29) is 6.61 Å². The predicted molar refractivity (Wildman–Crippen MR) is 44.8 cm³/mol. The van der Waals surface area contributed by atoms with Gasteiger partial charge in [-0.05, 0) is 18.9 Å². The summed E-state index contributed by atoms with van der Waals surface area (Å²) < 4.78 is 27.6. The van der Waals surface area contributed by atoms with Crippen molar-refractivity contribution in [2.45, 2.75) is 32.0 Å². The molecule has 1 aromatic rings. The average molecular weight is 200 g/mol. The van der Waals surface area contributed by atoms with Crippen molar-refractivity contribution in [3.63, 3.8) is 0 Å². The summed E-state index contributed by atoms with van der Waals surface area (Å²) in [5.74, 6) is 1.18. The SMILES string of the molecule is FC(F)OCc1ccnc(C2CC2)n1. The number of ether oxygens (including phenoxy) is 1. The molecule has 1 saturated carbocycles. The lowest BCUT2D eigenvalue weighted by atomic mass is 10.3. The smallest absolute Gasteiger partial charge is 0.317 e. The summed E-state index contributed by atoms with van der Waals surface area (Å²) in [6.45, 7) is -2.89. The second-order valence-electron chi connectivity index (χ2n) is 3.25. The third kappa shape index (κ3) is 2.45. The minimum Gasteiger partial charge on any atom is -0.317 e. The van der Waals surface area contributed by atoms with Gasteiger partial charge in [-0.1, -0.05) is 0 Å². The van der Waals surface area contributed by atoms with Gasteiger partial charge in [0.15, 0.2) is 0 Å². The van der Waals surface area contributed by atoms with Gasteiger partial charge in [0, 0.05) is 12.1 Å². The van der Waals surface area contributed by atoms with E-state index in [9.17, 15) is 8.78 Å². The Labute approximate surface area is 80.1 Å². The Hall–Kier alpha value is -1.10. The van der Waals surface area contributed by atoms with E-state index in [4.69, 9.17) is 0 Å². The molecule has 0 atom stereocenters. The monoisotopic (exact) mass is 200 g/mol. The van der Waals surface area contributed by atoms with Gasteiger partial charge in [-0.3, -0.25) is 0 Å². The molecule has 1 heterocycles. The number of hydrogen-bond donors (Lipinski definition) is 0. The molecule has 0 radical (unpaired) electrons. The van der Waals surface area contributed by atoms with E-state index in [0.29, 0.717) is 11.6 Å². The van der Waals surface area contributed by atoms with Crippen molar-refractivity contribution in [2.75, 3.05) is 0 Å². The van der Waals surface area contributed by atoms with Gasteiger partial charge >= 0.3 is 6.61 Å². The molecular formula is C9H10F2N2O. The summed E-state index contributed by atoms with van der Waals surface area (Å²) in [6.07, 6.45) is 3.78. The van der Waals surface area contributed by atoms with Crippen LogP contribution in [0.4, 0.5) is 8.78 Å². The summed E-state index contributed by atoms with van der Waals surface area (Å²) in [4.78, 5) is 8.21. The number of alkyl halides is 2. The van der Waals surface area contributed by atoms with Crippen LogP contribution < -0.4 is 0 Å². The Morgan fingerprint density at radius 3 is 2.93 bits per heavy atom. The Bertz CT molecular complexity index is 315. The molecule has 1 aliphatic carbocycles. The van der Waals surface area contributed by atoms with Crippen molar-refractivity contribution in [2.24, 2.45) is 0 Å². The van der Waals surface area contributed by atoms with Crippen molar-refractivity contribution in [3.8, 4) is 0 Å². The molecule has 0 unspecified atom stereocenters. The van der Waals surface area contributed by atoms with Crippen LogP contribution in [-0.4, -0.2) is 16.6 Å². The van der Waals surface area contributed by atoms with Gasteiger partial charge in [-0.15, -0.1) is 0 Å². The first kappa shape index (κ1) is 9.45. The van der Waals surface area contributed by atoms with Gasteiger partial charge in [0.1, 0.15) is 5.82 Å². The van der Waals surface area contributed by atoms with Gasteiger partial charge in [0.2, 0.25) is 0 Å². The molecule has 14 heavy (non-hydrogen) atoms. The van der Waals surface area contributed by atoms with E-state index < -0.39 is 6.61 Å². The Kier molecular flexibility index (Phi) is 2.67. The fourth-order valence-corrected chi connectivity index (χ4v) is 1.18. The van der Waals surface area contributed by atoms with Gasteiger partial charge in [0.25, 0.3) is 0 Å². The summed E-state index contributed by atoms with van der Waals surface area (Å²) in [5, 5.41) is 0. The van der Waals surface area contributed by atoms with Crippen LogP contribution in [0.2, 0.25) is 0 Å². The van der Waals surface area contributed by atoms with Crippen LogP contribution in [0.3, 0.4) is 0 Å². The molecule has 76 valence electrons. The molecule has 1 aromatic heterocycles. The van der Waals surface area contributed by atoms with Crippen LogP contribution in [0.25, 0.3) is 0 Å². The van der Waals surface area contributed by atoms with Gasteiger partial charge in [-0.25, -0.2) is 9.97 Å². The topological polar surface area (TPSA) is 35.0 Å². The van der Waals surface area contributed by atoms with Crippen molar-refractivity contribution >= 4 is 0 Å². The van der Waals surface area contributed by atoms with Crippen molar-refractivity contribution in [3.05, 3.63) is 23.8 Å². The molecule has 1 aliphatic rings. The van der Waals surface area contributed by atoms with Crippen LogP contribution in [0.15, 0.2) is 12.3 Å². The van der Waals surface area contributed by atoms with Crippen LogP contribution in [0.1, 0.15) is 30.3 Å². The Morgan fingerprint density at radius 2 is 2.29 bits per heavy atom. The zero-order chi connectivity index (χ0) is 9.97. The molecule has 0 saturated heterocycles. The van der Waals surface area contributed by atoms with Crippen LogP contribution in [0.5, 0.6) is 0 Å². The molecular weight excluding hydrogens is 190 g/mol. The molecule has 0 N–H and O–H groups in total. The zero-order valence-electron chi connectivity index (χ0n) is 7.49. The predicted octanol–water partition coefficient (Wildman–Crippen LogP) is 2.09. The first-order valence-corrected chi connectivity index (χ1v) is 4.47. The second kappa shape index (κ2) is 3.96. The van der Waals surface area contributed by atoms with Crippen LogP contribution in [0, 0.1) is 0 Å². The highest BCUT2D eigenvalue weighted by Crippen LogP contribution is 2.37. The molecule has 0 aromatic carbocycles. The first-order valence-electron chi connectivity index (χ1n) is 4.47. The van der Waals surface area contributed by atoms with Crippen LogP contribution >= 0.6 is 0 Å². The van der Waals surface area contributed by atoms with Crippen molar-refractivity contribution < 1.29 is 13.5 Å². The van der Waals surface area contributed by atoms with Gasteiger partial charge < -0.3 is 4.74 Å². The molecule has 0 amide bonds. The lowest BCUT2D eigenvalue weighted by Gasteiger charge is -2.03. The van der Waals surface area contributed by atoms with Crippen molar-refractivity contribution in [1.29, 1.82) is 0 Å². The van der Waals surface area contributed by atoms with E-state index in [1.807, 2.05) is 0 Å². The molecule has 3 nitrogen and oxygen atoms in total. The molecule has 1 fully saturated rings. The molecule has 0 bridgehead atoms. The number of rotatable bonds is 4. The van der Waals surface area contributed by atoms with Crippen molar-refractivity contribution in [1.82, 2.24) is 9.97 Å². The lowest BCUT2D eigenvalue weighted by Crippen LogP contribution is -2.03. The largest absolute Gasteiger partial charge is 0.345 e. The van der Waals surface area contributed by atoms with Gasteiger partial charge in [0.05, 0.1) is 12.3 Å². The number of aromatic nitrogens is 2. The highest BCUT2D eigenvalue weighted by atomic mass is 19.3. The first-order chi connectivity index (χ1) is 6.75. The summed E-state index contributed by atoms with van der Waals surface area (Å²) in [7, 11) is 0. The summed E-state index contributed by atoms with van der Waals surface area (Å²) in [6, 6.07) is 1.59. The normalized spacial score (nSPS) is 16.2. The lowest BCUT2D eigenvalue weighted by molar-refractivity contribution is -0.138. The third-order valence-electron chi connectivity index (χ3n) is 2.03.